The highest BCUT2D eigenvalue weighted by Crippen LogP contribution is 2.27. The van der Waals surface area contributed by atoms with Crippen LogP contribution >= 0.6 is 0 Å². The van der Waals surface area contributed by atoms with Crippen molar-refractivity contribution in [2.24, 2.45) is 5.10 Å². The van der Waals surface area contributed by atoms with Gasteiger partial charge in [0.25, 0.3) is 5.69 Å². The van der Waals surface area contributed by atoms with Crippen LogP contribution in [0.4, 0.5) is 11.4 Å². The first-order valence-corrected chi connectivity index (χ1v) is 6.85. The molecule has 0 bridgehead atoms. The fourth-order valence-corrected chi connectivity index (χ4v) is 1.86. The van der Waals surface area contributed by atoms with E-state index in [2.05, 4.69) is 10.5 Å². The largest absolute Gasteiger partial charge is 0.493 e. The van der Waals surface area contributed by atoms with Crippen molar-refractivity contribution in [3.05, 3.63) is 58.1 Å². The SMILES string of the molecule is COc1cc(/C=N\Nc2cccc([N+](=O)[O-])c2)ccc1OCC#N. The van der Waals surface area contributed by atoms with E-state index in [1.54, 1.807) is 30.3 Å². The molecule has 122 valence electrons. The van der Waals surface area contributed by atoms with E-state index in [-0.39, 0.29) is 12.3 Å². The van der Waals surface area contributed by atoms with Gasteiger partial charge in [-0.15, -0.1) is 0 Å². The predicted octanol–water partition coefficient (Wildman–Crippen LogP) is 2.95. The van der Waals surface area contributed by atoms with Crippen molar-refractivity contribution < 1.29 is 14.4 Å². The second kappa shape index (κ2) is 8.14. The van der Waals surface area contributed by atoms with Crippen LogP contribution in [0.15, 0.2) is 47.6 Å². The molecule has 2 aromatic rings. The first kappa shape index (κ1) is 16.8. The third-order valence-electron chi connectivity index (χ3n) is 2.94. The maximum atomic E-state index is 10.7. The van der Waals surface area contributed by atoms with E-state index in [1.165, 1.54) is 25.5 Å². The Hall–Kier alpha value is -3.60. The standard InChI is InChI=1S/C16H14N4O4/c1-23-16-9-12(5-6-15(16)24-8-7-17)11-18-19-13-3-2-4-14(10-13)20(21)22/h2-6,9-11,19H,8H2,1H3/b18-11-. The molecule has 24 heavy (non-hydrogen) atoms. The van der Waals surface area contributed by atoms with E-state index in [0.717, 1.165) is 5.56 Å². The number of methoxy groups -OCH3 is 1. The molecule has 0 spiro atoms. The van der Waals surface area contributed by atoms with Gasteiger partial charge in [0.05, 0.1) is 23.9 Å². The van der Waals surface area contributed by atoms with Crippen LogP contribution in [0.25, 0.3) is 0 Å². The Kier molecular flexibility index (Phi) is 5.69. The summed E-state index contributed by atoms with van der Waals surface area (Å²) in [5.74, 6) is 0.937. The van der Waals surface area contributed by atoms with E-state index in [4.69, 9.17) is 14.7 Å². The molecule has 0 saturated carbocycles. The van der Waals surface area contributed by atoms with E-state index >= 15 is 0 Å². The number of hydrazone groups is 1. The van der Waals surface area contributed by atoms with Crippen molar-refractivity contribution in [1.29, 1.82) is 5.26 Å². The average Bonchev–Trinajstić information content (AvgIpc) is 2.60. The first-order chi connectivity index (χ1) is 11.6. The number of nitro groups is 1. The highest BCUT2D eigenvalue weighted by atomic mass is 16.6. The van der Waals surface area contributed by atoms with Gasteiger partial charge in [-0.1, -0.05) is 6.07 Å². The predicted molar refractivity (Wildman–Crippen MR) is 88.4 cm³/mol. The number of nitrogens with one attached hydrogen (secondary N) is 1. The average molecular weight is 326 g/mol. The molecular weight excluding hydrogens is 312 g/mol. The number of non-ortho nitro benzene ring substituents is 1. The molecule has 0 atom stereocenters. The van der Waals surface area contributed by atoms with Gasteiger partial charge < -0.3 is 9.47 Å². The van der Waals surface area contributed by atoms with Gasteiger partial charge in [-0.2, -0.15) is 10.4 Å². The summed E-state index contributed by atoms with van der Waals surface area (Å²) >= 11 is 0. The summed E-state index contributed by atoms with van der Waals surface area (Å²) in [7, 11) is 1.50. The number of nitriles is 1. The molecule has 0 aliphatic heterocycles. The summed E-state index contributed by atoms with van der Waals surface area (Å²) in [6, 6.07) is 13.0. The second-order valence-corrected chi connectivity index (χ2v) is 4.53. The van der Waals surface area contributed by atoms with Crippen molar-refractivity contribution >= 4 is 17.6 Å². The summed E-state index contributed by atoms with van der Waals surface area (Å²) in [6.45, 7) is -0.0713. The Balaban J connectivity index is 2.08. The van der Waals surface area contributed by atoms with Crippen molar-refractivity contribution in [2.75, 3.05) is 19.1 Å². The van der Waals surface area contributed by atoms with Crippen LogP contribution in [0.3, 0.4) is 0 Å². The lowest BCUT2D eigenvalue weighted by atomic mass is 10.2. The molecule has 0 fully saturated rings. The van der Waals surface area contributed by atoms with Crippen molar-refractivity contribution in [2.45, 2.75) is 0 Å². The van der Waals surface area contributed by atoms with E-state index in [1.807, 2.05) is 6.07 Å². The number of rotatable bonds is 7. The van der Waals surface area contributed by atoms with Crippen LogP contribution in [-0.2, 0) is 0 Å². The van der Waals surface area contributed by atoms with Gasteiger partial charge in [0.2, 0.25) is 0 Å². The van der Waals surface area contributed by atoms with E-state index < -0.39 is 4.92 Å². The van der Waals surface area contributed by atoms with Gasteiger partial charge in [-0.05, 0) is 29.8 Å². The second-order valence-electron chi connectivity index (χ2n) is 4.53. The molecular formula is C16H14N4O4. The highest BCUT2D eigenvalue weighted by Gasteiger charge is 2.06. The van der Waals surface area contributed by atoms with E-state index in [9.17, 15) is 10.1 Å². The van der Waals surface area contributed by atoms with Crippen LogP contribution in [0.5, 0.6) is 11.5 Å². The fraction of sp³-hybridized carbons (Fsp3) is 0.125. The number of benzene rings is 2. The Morgan fingerprint density at radius 1 is 1.33 bits per heavy atom. The molecule has 0 amide bonds. The maximum Gasteiger partial charge on any atom is 0.271 e. The van der Waals surface area contributed by atoms with Crippen LogP contribution in [0.2, 0.25) is 0 Å². The molecule has 1 N–H and O–H groups in total. The lowest BCUT2D eigenvalue weighted by Crippen LogP contribution is -1.98. The minimum Gasteiger partial charge on any atom is -0.493 e. The topological polar surface area (TPSA) is 110 Å². The van der Waals surface area contributed by atoms with Gasteiger partial charge in [0.1, 0.15) is 6.07 Å². The summed E-state index contributed by atoms with van der Waals surface area (Å²) in [4.78, 5) is 10.2. The number of anilines is 1. The molecule has 2 aromatic carbocycles. The summed E-state index contributed by atoms with van der Waals surface area (Å²) in [5.41, 5.74) is 3.94. The van der Waals surface area contributed by atoms with Gasteiger partial charge in [-0.25, -0.2) is 0 Å². The number of nitro benzene ring substituents is 1. The molecule has 0 radical (unpaired) electrons. The molecule has 8 heteroatoms. The third-order valence-corrected chi connectivity index (χ3v) is 2.94. The molecule has 0 aromatic heterocycles. The number of hydrogen-bond acceptors (Lipinski definition) is 7. The van der Waals surface area contributed by atoms with E-state index in [0.29, 0.717) is 17.2 Å². The molecule has 8 nitrogen and oxygen atoms in total. The quantitative estimate of drug-likeness (QED) is 0.476. The zero-order valence-corrected chi connectivity index (χ0v) is 12.8. The number of nitrogens with zero attached hydrogens (tertiary/aromatic N) is 3. The van der Waals surface area contributed by atoms with Crippen molar-refractivity contribution in [3.63, 3.8) is 0 Å². The van der Waals surface area contributed by atoms with Crippen molar-refractivity contribution in [1.82, 2.24) is 0 Å². The van der Waals surface area contributed by atoms with Crippen LogP contribution in [0, 0.1) is 21.4 Å². The summed E-state index contributed by atoms with van der Waals surface area (Å²) < 4.78 is 10.4. The normalized spacial score (nSPS) is 10.2. The molecule has 0 aliphatic carbocycles. The molecule has 0 saturated heterocycles. The molecule has 0 unspecified atom stereocenters. The fourth-order valence-electron chi connectivity index (χ4n) is 1.86. The lowest BCUT2D eigenvalue weighted by molar-refractivity contribution is -0.384. The minimum atomic E-state index is -0.472. The molecule has 0 aliphatic rings. The number of ether oxygens (including phenoxy) is 2. The zero-order valence-electron chi connectivity index (χ0n) is 12.8. The summed E-state index contributed by atoms with van der Waals surface area (Å²) in [5, 5.41) is 23.3. The maximum absolute atomic E-state index is 10.7. The van der Waals surface area contributed by atoms with Gasteiger partial charge >= 0.3 is 0 Å². The van der Waals surface area contributed by atoms with Crippen LogP contribution in [0.1, 0.15) is 5.56 Å². The Morgan fingerprint density at radius 2 is 2.17 bits per heavy atom. The van der Waals surface area contributed by atoms with Crippen LogP contribution in [-0.4, -0.2) is 24.9 Å². The van der Waals surface area contributed by atoms with Gasteiger partial charge in [0, 0.05) is 12.1 Å². The van der Waals surface area contributed by atoms with Crippen LogP contribution < -0.4 is 14.9 Å². The molecule has 2 rings (SSSR count). The number of hydrogen-bond donors (Lipinski definition) is 1. The van der Waals surface area contributed by atoms with Gasteiger partial charge in [-0.3, -0.25) is 15.5 Å². The highest BCUT2D eigenvalue weighted by molar-refractivity contribution is 5.81. The Morgan fingerprint density at radius 3 is 2.88 bits per heavy atom. The van der Waals surface area contributed by atoms with Crippen molar-refractivity contribution in [3.8, 4) is 17.6 Å². The Bertz CT molecular complexity index is 799. The zero-order chi connectivity index (χ0) is 17.4. The smallest absolute Gasteiger partial charge is 0.271 e. The van der Waals surface area contributed by atoms with Gasteiger partial charge in [0.15, 0.2) is 18.1 Å². The summed E-state index contributed by atoms with van der Waals surface area (Å²) in [6.07, 6.45) is 1.54. The first-order valence-electron chi connectivity index (χ1n) is 6.85. The Labute approximate surface area is 138 Å². The monoisotopic (exact) mass is 326 g/mol. The lowest BCUT2D eigenvalue weighted by Gasteiger charge is -2.08. The third kappa shape index (κ3) is 4.45. The molecule has 0 heterocycles. The minimum absolute atomic E-state index is 0.0177.